The fourth-order valence-corrected chi connectivity index (χ4v) is 3.04. The minimum Gasteiger partial charge on any atom is -0.372 e. The standard InChI is InChI=1S/C16H26FN3/c1-18-11-14-5-4-6-15(17)16(14)20(3)12-13-7-9-19(2)10-8-13/h4-6,13,18H,7-12H2,1-3H3. The molecule has 20 heavy (non-hydrogen) atoms. The van der Waals surface area contributed by atoms with Crippen LogP contribution in [-0.2, 0) is 6.54 Å². The van der Waals surface area contributed by atoms with Crippen LogP contribution in [-0.4, -0.2) is 45.7 Å². The van der Waals surface area contributed by atoms with Crippen LogP contribution in [0.1, 0.15) is 18.4 Å². The van der Waals surface area contributed by atoms with Crippen LogP contribution in [0.3, 0.4) is 0 Å². The molecule has 0 aromatic heterocycles. The fourth-order valence-electron chi connectivity index (χ4n) is 3.04. The zero-order valence-corrected chi connectivity index (χ0v) is 12.8. The highest BCUT2D eigenvalue weighted by atomic mass is 19.1. The monoisotopic (exact) mass is 279 g/mol. The number of halogens is 1. The Morgan fingerprint density at radius 2 is 2.05 bits per heavy atom. The molecule has 0 saturated carbocycles. The maximum atomic E-state index is 14.2. The maximum Gasteiger partial charge on any atom is 0.146 e. The van der Waals surface area contributed by atoms with E-state index >= 15 is 0 Å². The second kappa shape index (κ2) is 7.04. The van der Waals surface area contributed by atoms with Crippen molar-refractivity contribution in [2.45, 2.75) is 19.4 Å². The van der Waals surface area contributed by atoms with Crippen LogP contribution in [0.2, 0.25) is 0 Å². The third-order valence-corrected chi connectivity index (χ3v) is 4.19. The lowest BCUT2D eigenvalue weighted by atomic mass is 9.96. The van der Waals surface area contributed by atoms with E-state index in [1.165, 1.54) is 12.8 Å². The third kappa shape index (κ3) is 3.70. The number of piperidine rings is 1. The van der Waals surface area contributed by atoms with Crippen LogP contribution in [0, 0.1) is 11.7 Å². The predicted octanol–water partition coefficient (Wildman–Crippen LogP) is 2.32. The van der Waals surface area contributed by atoms with Crippen molar-refractivity contribution < 1.29 is 4.39 Å². The molecule has 112 valence electrons. The van der Waals surface area contributed by atoms with Gasteiger partial charge in [-0.3, -0.25) is 0 Å². The van der Waals surface area contributed by atoms with Gasteiger partial charge in [0.1, 0.15) is 5.82 Å². The molecular weight excluding hydrogens is 253 g/mol. The molecule has 4 heteroatoms. The summed E-state index contributed by atoms with van der Waals surface area (Å²) in [6, 6.07) is 5.34. The van der Waals surface area contributed by atoms with Gasteiger partial charge in [-0.2, -0.15) is 0 Å². The van der Waals surface area contributed by atoms with Gasteiger partial charge in [0.25, 0.3) is 0 Å². The normalized spacial score (nSPS) is 17.4. The lowest BCUT2D eigenvalue weighted by molar-refractivity contribution is 0.222. The Labute approximate surface area is 121 Å². The maximum absolute atomic E-state index is 14.2. The first-order valence-electron chi connectivity index (χ1n) is 7.43. The van der Waals surface area contributed by atoms with Gasteiger partial charge < -0.3 is 15.1 Å². The highest BCUT2D eigenvalue weighted by Gasteiger charge is 2.20. The fraction of sp³-hybridized carbons (Fsp3) is 0.625. The van der Waals surface area contributed by atoms with Crippen molar-refractivity contribution >= 4 is 5.69 Å². The minimum atomic E-state index is -0.117. The Morgan fingerprint density at radius 3 is 2.70 bits per heavy atom. The molecule has 1 aliphatic heterocycles. The number of nitrogens with zero attached hydrogens (tertiary/aromatic N) is 2. The van der Waals surface area contributed by atoms with Gasteiger partial charge in [0.2, 0.25) is 0 Å². The van der Waals surface area contributed by atoms with Crippen LogP contribution < -0.4 is 10.2 Å². The third-order valence-electron chi connectivity index (χ3n) is 4.19. The average Bonchev–Trinajstić information content (AvgIpc) is 2.42. The summed E-state index contributed by atoms with van der Waals surface area (Å²) in [5.41, 5.74) is 1.78. The smallest absolute Gasteiger partial charge is 0.146 e. The SMILES string of the molecule is CNCc1cccc(F)c1N(C)CC1CCN(C)CC1. The van der Waals surface area contributed by atoms with Crippen molar-refractivity contribution in [3.8, 4) is 0 Å². The summed E-state index contributed by atoms with van der Waals surface area (Å²) >= 11 is 0. The summed E-state index contributed by atoms with van der Waals surface area (Å²) < 4.78 is 14.2. The van der Waals surface area contributed by atoms with E-state index in [1.807, 2.05) is 20.2 Å². The van der Waals surface area contributed by atoms with Gasteiger partial charge in [-0.05, 0) is 57.6 Å². The first-order chi connectivity index (χ1) is 9.61. The lowest BCUT2D eigenvalue weighted by Crippen LogP contribution is -2.36. The minimum absolute atomic E-state index is 0.117. The largest absolute Gasteiger partial charge is 0.372 e. The molecule has 3 nitrogen and oxygen atoms in total. The predicted molar refractivity (Wildman–Crippen MR) is 82.7 cm³/mol. The zero-order chi connectivity index (χ0) is 14.5. The number of likely N-dealkylation sites (tertiary alicyclic amines) is 1. The zero-order valence-electron chi connectivity index (χ0n) is 12.8. The van der Waals surface area contributed by atoms with E-state index in [4.69, 9.17) is 0 Å². The van der Waals surface area contributed by atoms with Crippen LogP contribution in [0.25, 0.3) is 0 Å². The number of hydrogen-bond donors (Lipinski definition) is 1. The molecule has 0 unspecified atom stereocenters. The molecule has 1 saturated heterocycles. The van der Waals surface area contributed by atoms with Gasteiger partial charge in [0, 0.05) is 20.1 Å². The molecular formula is C16H26FN3. The van der Waals surface area contributed by atoms with Crippen LogP contribution in [0.4, 0.5) is 10.1 Å². The van der Waals surface area contributed by atoms with Gasteiger partial charge >= 0.3 is 0 Å². The van der Waals surface area contributed by atoms with E-state index in [1.54, 1.807) is 12.1 Å². The average molecular weight is 279 g/mol. The lowest BCUT2D eigenvalue weighted by Gasteiger charge is -2.33. The number of para-hydroxylation sites is 1. The van der Waals surface area contributed by atoms with Gasteiger partial charge in [0.15, 0.2) is 0 Å². The van der Waals surface area contributed by atoms with Crippen molar-refractivity contribution in [1.82, 2.24) is 10.2 Å². The van der Waals surface area contributed by atoms with Crippen LogP contribution >= 0.6 is 0 Å². The molecule has 1 aromatic carbocycles. The summed E-state index contributed by atoms with van der Waals surface area (Å²) in [5, 5.41) is 3.12. The quantitative estimate of drug-likeness (QED) is 0.892. The molecule has 1 fully saturated rings. The van der Waals surface area contributed by atoms with Gasteiger partial charge in [-0.1, -0.05) is 12.1 Å². The summed E-state index contributed by atoms with van der Waals surface area (Å²) in [6.45, 7) is 3.94. The summed E-state index contributed by atoms with van der Waals surface area (Å²) in [4.78, 5) is 4.46. The number of rotatable bonds is 5. The van der Waals surface area contributed by atoms with Crippen molar-refractivity contribution in [1.29, 1.82) is 0 Å². The topological polar surface area (TPSA) is 18.5 Å². The summed E-state index contributed by atoms with van der Waals surface area (Å²) in [5.74, 6) is 0.548. The Kier molecular flexibility index (Phi) is 5.38. The van der Waals surface area contributed by atoms with Gasteiger partial charge in [-0.25, -0.2) is 4.39 Å². The van der Waals surface area contributed by atoms with Crippen molar-refractivity contribution in [3.63, 3.8) is 0 Å². The molecule has 0 amide bonds. The van der Waals surface area contributed by atoms with E-state index in [-0.39, 0.29) is 5.82 Å². The second-order valence-corrected chi connectivity index (χ2v) is 5.91. The number of hydrogen-bond acceptors (Lipinski definition) is 3. The van der Waals surface area contributed by atoms with Crippen molar-refractivity contribution in [3.05, 3.63) is 29.6 Å². The van der Waals surface area contributed by atoms with E-state index < -0.39 is 0 Å². The highest BCUT2D eigenvalue weighted by molar-refractivity contribution is 5.54. The second-order valence-electron chi connectivity index (χ2n) is 5.91. The first kappa shape index (κ1) is 15.3. The van der Waals surface area contributed by atoms with E-state index in [0.717, 1.165) is 30.9 Å². The van der Waals surface area contributed by atoms with E-state index in [9.17, 15) is 4.39 Å². The van der Waals surface area contributed by atoms with Crippen molar-refractivity contribution in [2.24, 2.45) is 5.92 Å². The molecule has 0 spiro atoms. The molecule has 0 bridgehead atoms. The molecule has 1 aliphatic rings. The summed E-state index contributed by atoms with van der Waals surface area (Å²) in [6.07, 6.45) is 2.41. The molecule has 0 atom stereocenters. The number of benzene rings is 1. The number of anilines is 1. The van der Waals surface area contributed by atoms with Crippen LogP contribution in [0.15, 0.2) is 18.2 Å². The van der Waals surface area contributed by atoms with Gasteiger partial charge in [0.05, 0.1) is 5.69 Å². The van der Waals surface area contributed by atoms with Gasteiger partial charge in [-0.15, -0.1) is 0 Å². The molecule has 0 radical (unpaired) electrons. The Morgan fingerprint density at radius 1 is 1.35 bits per heavy atom. The molecule has 1 aromatic rings. The molecule has 2 rings (SSSR count). The molecule has 1 N–H and O–H groups in total. The number of nitrogens with one attached hydrogen (secondary N) is 1. The van der Waals surface area contributed by atoms with Crippen LogP contribution in [0.5, 0.6) is 0 Å². The highest BCUT2D eigenvalue weighted by Crippen LogP contribution is 2.26. The van der Waals surface area contributed by atoms with E-state index in [2.05, 4.69) is 22.2 Å². The van der Waals surface area contributed by atoms with E-state index in [0.29, 0.717) is 12.5 Å². The first-order valence-corrected chi connectivity index (χ1v) is 7.43. The Balaban J connectivity index is 2.06. The van der Waals surface area contributed by atoms with Crippen molar-refractivity contribution in [2.75, 3.05) is 45.7 Å². The molecule has 0 aliphatic carbocycles. The Bertz CT molecular complexity index is 428. The summed E-state index contributed by atoms with van der Waals surface area (Å²) in [7, 11) is 6.07. The molecule has 1 heterocycles. The Hall–Kier alpha value is -1.13.